The van der Waals surface area contributed by atoms with Gasteiger partial charge in [0.25, 0.3) is 5.91 Å². The van der Waals surface area contributed by atoms with E-state index in [9.17, 15) is 13.2 Å². The third-order valence-electron chi connectivity index (χ3n) is 4.63. The minimum absolute atomic E-state index is 0. The van der Waals surface area contributed by atoms with Crippen LogP contribution in [0.2, 0.25) is 0 Å². The lowest BCUT2D eigenvalue weighted by Crippen LogP contribution is -2.38. The Kier molecular flexibility index (Phi) is 7.83. The van der Waals surface area contributed by atoms with Crippen LogP contribution >= 0.6 is 12.4 Å². The Balaban J connectivity index is 0.00000261. The molecule has 1 saturated heterocycles. The fourth-order valence-corrected chi connectivity index (χ4v) is 4.48. The SMILES string of the molecule is Cl.O=C(NCC1CCCNC1)c1ccc(S(=O)(=O)Cc2ccccc2)cc1. The van der Waals surface area contributed by atoms with Gasteiger partial charge in [-0.05, 0) is 61.7 Å². The Bertz CT molecular complexity index is 833. The predicted molar refractivity (Wildman–Crippen MR) is 109 cm³/mol. The van der Waals surface area contributed by atoms with Gasteiger partial charge in [0.2, 0.25) is 0 Å². The first kappa shape index (κ1) is 21.4. The van der Waals surface area contributed by atoms with E-state index >= 15 is 0 Å². The van der Waals surface area contributed by atoms with Crippen molar-refractivity contribution in [3.8, 4) is 0 Å². The van der Waals surface area contributed by atoms with Gasteiger partial charge in [0.1, 0.15) is 0 Å². The Labute approximate surface area is 166 Å². The van der Waals surface area contributed by atoms with Crippen LogP contribution in [0, 0.1) is 5.92 Å². The number of sulfone groups is 1. The number of benzene rings is 2. The number of amides is 1. The molecule has 1 amide bonds. The smallest absolute Gasteiger partial charge is 0.251 e. The van der Waals surface area contributed by atoms with Crippen molar-refractivity contribution in [2.45, 2.75) is 23.5 Å². The van der Waals surface area contributed by atoms with Crippen LogP contribution < -0.4 is 10.6 Å². The molecule has 0 aliphatic carbocycles. The molecule has 27 heavy (non-hydrogen) atoms. The summed E-state index contributed by atoms with van der Waals surface area (Å²) in [5, 5.41) is 6.26. The van der Waals surface area contributed by atoms with E-state index in [0.717, 1.165) is 31.5 Å². The summed E-state index contributed by atoms with van der Waals surface area (Å²) in [6.45, 7) is 2.61. The number of carbonyl (C=O) groups is 1. The van der Waals surface area contributed by atoms with Crippen molar-refractivity contribution in [2.75, 3.05) is 19.6 Å². The lowest BCUT2D eigenvalue weighted by atomic mass is 10.00. The first-order valence-electron chi connectivity index (χ1n) is 8.90. The van der Waals surface area contributed by atoms with Crippen molar-refractivity contribution in [1.82, 2.24) is 10.6 Å². The highest BCUT2D eigenvalue weighted by molar-refractivity contribution is 7.90. The number of hydrogen-bond acceptors (Lipinski definition) is 4. The van der Waals surface area contributed by atoms with Crippen LogP contribution in [0.5, 0.6) is 0 Å². The zero-order valence-electron chi connectivity index (χ0n) is 15.1. The molecule has 0 bridgehead atoms. The summed E-state index contributed by atoms with van der Waals surface area (Å²) in [6.07, 6.45) is 2.25. The van der Waals surface area contributed by atoms with Crippen molar-refractivity contribution >= 4 is 28.2 Å². The van der Waals surface area contributed by atoms with Gasteiger partial charge in [-0.1, -0.05) is 30.3 Å². The Hall–Kier alpha value is -1.89. The van der Waals surface area contributed by atoms with Crippen LogP contribution in [0.25, 0.3) is 0 Å². The summed E-state index contributed by atoms with van der Waals surface area (Å²) in [7, 11) is -3.43. The molecule has 0 radical (unpaired) electrons. The van der Waals surface area contributed by atoms with Gasteiger partial charge in [-0.25, -0.2) is 8.42 Å². The quantitative estimate of drug-likeness (QED) is 0.770. The Morgan fingerprint density at radius 2 is 1.78 bits per heavy atom. The summed E-state index contributed by atoms with van der Waals surface area (Å²) in [5.74, 6) is 0.245. The average Bonchev–Trinajstić information content (AvgIpc) is 2.67. The highest BCUT2D eigenvalue weighted by atomic mass is 35.5. The van der Waals surface area contributed by atoms with Gasteiger partial charge < -0.3 is 10.6 Å². The van der Waals surface area contributed by atoms with E-state index < -0.39 is 9.84 Å². The number of nitrogens with one attached hydrogen (secondary N) is 2. The standard InChI is InChI=1S/C20H24N2O3S.ClH/c23-20(22-14-17-7-4-12-21-13-17)18-8-10-19(11-9-18)26(24,25)15-16-5-2-1-3-6-16;/h1-3,5-6,8-11,17,21H,4,7,12-15H2,(H,22,23);1H. The van der Waals surface area contributed by atoms with Gasteiger partial charge in [-0.2, -0.15) is 0 Å². The van der Waals surface area contributed by atoms with Crippen molar-refractivity contribution in [3.63, 3.8) is 0 Å². The first-order valence-corrected chi connectivity index (χ1v) is 10.6. The van der Waals surface area contributed by atoms with Crippen LogP contribution in [-0.4, -0.2) is 34.0 Å². The minimum atomic E-state index is -3.43. The molecular weight excluding hydrogens is 384 g/mol. The zero-order valence-corrected chi connectivity index (χ0v) is 16.7. The van der Waals surface area contributed by atoms with E-state index in [1.165, 1.54) is 12.1 Å². The van der Waals surface area contributed by atoms with E-state index in [-0.39, 0.29) is 29.0 Å². The maximum absolute atomic E-state index is 12.5. The molecule has 1 unspecified atom stereocenters. The molecule has 7 heteroatoms. The lowest BCUT2D eigenvalue weighted by Gasteiger charge is -2.22. The summed E-state index contributed by atoms with van der Waals surface area (Å²) in [6, 6.07) is 15.2. The minimum Gasteiger partial charge on any atom is -0.352 e. The van der Waals surface area contributed by atoms with Crippen LogP contribution in [0.1, 0.15) is 28.8 Å². The molecule has 2 aromatic carbocycles. The van der Waals surface area contributed by atoms with Crippen molar-refractivity contribution in [2.24, 2.45) is 5.92 Å². The van der Waals surface area contributed by atoms with Crippen LogP contribution in [-0.2, 0) is 15.6 Å². The molecular formula is C20H25ClN2O3S. The van der Waals surface area contributed by atoms with Crippen LogP contribution in [0.15, 0.2) is 59.5 Å². The molecule has 1 heterocycles. The third-order valence-corrected chi connectivity index (χ3v) is 6.33. The van der Waals surface area contributed by atoms with Crippen LogP contribution in [0.3, 0.4) is 0 Å². The topological polar surface area (TPSA) is 75.3 Å². The lowest BCUT2D eigenvalue weighted by molar-refractivity contribution is 0.0944. The zero-order chi connectivity index (χ0) is 18.4. The molecule has 3 rings (SSSR count). The molecule has 0 saturated carbocycles. The van der Waals surface area contributed by atoms with E-state index in [1.807, 2.05) is 18.2 Å². The largest absolute Gasteiger partial charge is 0.352 e. The highest BCUT2D eigenvalue weighted by Gasteiger charge is 2.17. The molecule has 1 atom stereocenters. The summed E-state index contributed by atoms with van der Waals surface area (Å²) < 4.78 is 25.0. The van der Waals surface area contributed by atoms with Crippen LogP contribution in [0.4, 0.5) is 0 Å². The number of carbonyl (C=O) groups excluding carboxylic acids is 1. The van der Waals surface area contributed by atoms with Crippen molar-refractivity contribution in [1.29, 1.82) is 0 Å². The van der Waals surface area contributed by atoms with Crippen molar-refractivity contribution in [3.05, 3.63) is 65.7 Å². The average molecular weight is 409 g/mol. The van der Waals surface area contributed by atoms with Gasteiger partial charge in [0, 0.05) is 12.1 Å². The monoisotopic (exact) mass is 408 g/mol. The molecule has 0 spiro atoms. The summed E-state index contributed by atoms with van der Waals surface area (Å²) >= 11 is 0. The fourth-order valence-electron chi connectivity index (χ4n) is 3.13. The van der Waals surface area contributed by atoms with Gasteiger partial charge in [-0.3, -0.25) is 4.79 Å². The fraction of sp³-hybridized carbons (Fsp3) is 0.350. The van der Waals surface area contributed by atoms with E-state index in [4.69, 9.17) is 0 Å². The van der Waals surface area contributed by atoms with Gasteiger partial charge in [0.05, 0.1) is 10.6 Å². The Morgan fingerprint density at radius 1 is 1.07 bits per heavy atom. The van der Waals surface area contributed by atoms with E-state index in [2.05, 4.69) is 10.6 Å². The van der Waals surface area contributed by atoms with Gasteiger partial charge >= 0.3 is 0 Å². The molecule has 146 valence electrons. The van der Waals surface area contributed by atoms with Gasteiger partial charge in [-0.15, -0.1) is 12.4 Å². The summed E-state index contributed by atoms with van der Waals surface area (Å²) in [4.78, 5) is 12.5. The first-order chi connectivity index (χ1) is 12.5. The molecule has 0 aromatic heterocycles. The molecule has 2 aromatic rings. The second-order valence-corrected chi connectivity index (χ2v) is 8.68. The molecule has 5 nitrogen and oxygen atoms in total. The summed E-state index contributed by atoms with van der Waals surface area (Å²) in [5.41, 5.74) is 1.22. The number of rotatable bonds is 6. The number of hydrogen-bond donors (Lipinski definition) is 2. The third kappa shape index (κ3) is 6.06. The highest BCUT2D eigenvalue weighted by Crippen LogP contribution is 2.17. The molecule has 1 aliphatic heterocycles. The maximum atomic E-state index is 12.5. The van der Waals surface area contributed by atoms with E-state index in [1.54, 1.807) is 24.3 Å². The molecule has 1 fully saturated rings. The second-order valence-electron chi connectivity index (χ2n) is 6.69. The van der Waals surface area contributed by atoms with Gasteiger partial charge in [0.15, 0.2) is 9.84 Å². The molecule has 2 N–H and O–H groups in total. The number of halogens is 1. The predicted octanol–water partition coefficient (Wildman–Crippen LogP) is 2.81. The number of piperidine rings is 1. The Morgan fingerprint density at radius 3 is 2.41 bits per heavy atom. The second kappa shape index (κ2) is 9.88. The normalized spacial score (nSPS) is 17.0. The van der Waals surface area contributed by atoms with Crippen molar-refractivity contribution < 1.29 is 13.2 Å². The maximum Gasteiger partial charge on any atom is 0.251 e. The van der Waals surface area contributed by atoms with E-state index in [0.29, 0.717) is 18.0 Å². The molecule has 1 aliphatic rings.